The number of ether oxygens (including phenoxy) is 1. The summed E-state index contributed by atoms with van der Waals surface area (Å²) in [6.45, 7) is 0.670. The summed E-state index contributed by atoms with van der Waals surface area (Å²) in [6, 6.07) is 0. The zero-order valence-electron chi connectivity index (χ0n) is 9.16. The number of aromatic nitrogens is 1. The first kappa shape index (κ1) is 11.0. The van der Waals surface area contributed by atoms with Gasteiger partial charge in [-0.25, -0.2) is 4.98 Å². The van der Waals surface area contributed by atoms with Crippen LogP contribution in [0.15, 0.2) is 5.38 Å². The SMILES string of the molecule is COC1(c2nc(CCN)cs2)CCCC1. The predicted octanol–water partition coefficient (Wildman–Crippen LogP) is 2.06. The Kier molecular flexibility index (Phi) is 3.38. The highest BCUT2D eigenvalue weighted by Crippen LogP contribution is 2.42. The molecule has 0 saturated heterocycles. The van der Waals surface area contributed by atoms with Gasteiger partial charge < -0.3 is 10.5 Å². The van der Waals surface area contributed by atoms with Crippen LogP contribution in [0.2, 0.25) is 0 Å². The Morgan fingerprint density at radius 2 is 2.27 bits per heavy atom. The van der Waals surface area contributed by atoms with Crippen LogP contribution in [-0.4, -0.2) is 18.6 Å². The van der Waals surface area contributed by atoms with Crippen molar-refractivity contribution in [3.05, 3.63) is 16.1 Å². The fourth-order valence-corrected chi connectivity index (χ4v) is 3.32. The molecule has 0 aliphatic heterocycles. The molecule has 1 fully saturated rings. The summed E-state index contributed by atoms with van der Waals surface area (Å²) in [5.74, 6) is 0. The van der Waals surface area contributed by atoms with Crippen LogP contribution in [0.25, 0.3) is 0 Å². The minimum atomic E-state index is -0.0858. The maximum Gasteiger partial charge on any atom is 0.125 e. The van der Waals surface area contributed by atoms with Crippen LogP contribution in [0.5, 0.6) is 0 Å². The number of hydrogen-bond acceptors (Lipinski definition) is 4. The second kappa shape index (κ2) is 4.60. The Balaban J connectivity index is 2.19. The zero-order chi connectivity index (χ0) is 10.7. The van der Waals surface area contributed by atoms with E-state index in [9.17, 15) is 0 Å². The molecule has 84 valence electrons. The van der Waals surface area contributed by atoms with Crippen LogP contribution in [0.1, 0.15) is 36.4 Å². The lowest BCUT2D eigenvalue weighted by atomic mass is 10.0. The first-order valence-corrected chi connectivity index (χ1v) is 6.39. The molecule has 1 aromatic heterocycles. The van der Waals surface area contributed by atoms with Crippen LogP contribution >= 0.6 is 11.3 Å². The Morgan fingerprint density at radius 1 is 1.53 bits per heavy atom. The molecule has 3 nitrogen and oxygen atoms in total. The Morgan fingerprint density at radius 3 is 2.87 bits per heavy atom. The molecule has 2 rings (SSSR count). The lowest BCUT2D eigenvalue weighted by molar-refractivity contribution is -0.00895. The summed E-state index contributed by atoms with van der Waals surface area (Å²) in [5.41, 5.74) is 6.55. The van der Waals surface area contributed by atoms with Gasteiger partial charge in [0.05, 0.1) is 5.69 Å². The first-order valence-electron chi connectivity index (χ1n) is 5.51. The molecule has 15 heavy (non-hydrogen) atoms. The zero-order valence-corrected chi connectivity index (χ0v) is 9.98. The van der Waals surface area contributed by atoms with Crippen molar-refractivity contribution in [1.29, 1.82) is 0 Å². The van der Waals surface area contributed by atoms with Gasteiger partial charge in [0.1, 0.15) is 10.6 Å². The second-order valence-corrected chi connectivity index (χ2v) is 4.95. The van der Waals surface area contributed by atoms with E-state index in [2.05, 4.69) is 10.4 Å². The van der Waals surface area contributed by atoms with Gasteiger partial charge >= 0.3 is 0 Å². The summed E-state index contributed by atoms with van der Waals surface area (Å²) < 4.78 is 5.69. The molecule has 0 aromatic carbocycles. The first-order chi connectivity index (χ1) is 7.30. The van der Waals surface area contributed by atoms with Crippen molar-refractivity contribution in [2.45, 2.75) is 37.7 Å². The van der Waals surface area contributed by atoms with E-state index in [4.69, 9.17) is 10.5 Å². The topological polar surface area (TPSA) is 48.1 Å². The minimum absolute atomic E-state index is 0.0858. The Labute approximate surface area is 94.7 Å². The number of methoxy groups -OCH3 is 1. The summed E-state index contributed by atoms with van der Waals surface area (Å²) in [6.07, 6.45) is 5.59. The quantitative estimate of drug-likeness (QED) is 0.855. The average molecular weight is 226 g/mol. The largest absolute Gasteiger partial charge is 0.371 e. The van der Waals surface area contributed by atoms with Crippen molar-refractivity contribution in [2.24, 2.45) is 5.73 Å². The van der Waals surface area contributed by atoms with Crippen molar-refractivity contribution in [3.63, 3.8) is 0 Å². The number of rotatable bonds is 4. The van der Waals surface area contributed by atoms with Gasteiger partial charge in [-0.05, 0) is 19.4 Å². The highest BCUT2D eigenvalue weighted by molar-refractivity contribution is 7.09. The molecule has 1 heterocycles. The highest BCUT2D eigenvalue weighted by atomic mass is 32.1. The maximum atomic E-state index is 5.69. The van der Waals surface area contributed by atoms with Gasteiger partial charge in [-0.1, -0.05) is 12.8 Å². The van der Waals surface area contributed by atoms with Crippen molar-refractivity contribution in [3.8, 4) is 0 Å². The number of nitrogens with zero attached hydrogens (tertiary/aromatic N) is 1. The van der Waals surface area contributed by atoms with Gasteiger partial charge in [0.25, 0.3) is 0 Å². The Hall–Kier alpha value is -0.450. The number of nitrogens with two attached hydrogens (primary N) is 1. The molecule has 1 saturated carbocycles. The van der Waals surface area contributed by atoms with Crippen LogP contribution in [0.3, 0.4) is 0 Å². The van der Waals surface area contributed by atoms with Crippen molar-refractivity contribution in [2.75, 3.05) is 13.7 Å². The van der Waals surface area contributed by atoms with Crippen LogP contribution in [0.4, 0.5) is 0 Å². The molecule has 2 N–H and O–H groups in total. The third-order valence-electron chi connectivity index (χ3n) is 3.14. The van der Waals surface area contributed by atoms with Gasteiger partial charge in [0.2, 0.25) is 0 Å². The van der Waals surface area contributed by atoms with Crippen LogP contribution in [0, 0.1) is 0 Å². The van der Waals surface area contributed by atoms with E-state index in [1.807, 2.05) is 0 Å². The van der Waals surface area contributed by atoms with Crippen molar-refractivity contribution < 1.29 is 4.74 Å². The van der Waals surface area contributed by atoms with E-state index in [1.54, 1.807) is 18.4 Å². The third kappa shape index (κ3) is 2.07. The van der Waals surface area contributed by atoms with Crippen LogP contribution < -0.4 is 5.73 Å². The van der Waals surface area contributed by atoms with Gasteiger partial charge in [-0.15, -0.1) is 11.3 Å². The van der Waals surface area contributed by atoms with Gasteiger partial charge in [-0.2, -0.15) is 0 Å². The molecule has 0 unspecified atom stereocenters. The van der Waals surface area contributed by atoms with E-state index in [-0.39, 0.29) is 5.60 Å². The van der Waals surface area contributed by atoms with E-state index < -0.39 is 0 Å². The molecule has 1 aromatic rings. The molecule has 0 spiro atoms. The van der Waals surface area contributed by atoms with Crippen LogP contribution in [-0.2, 0) is 16.8 Å². The molecular formula is C11H18N2OS. The van der Waals surface area contributed by atoms with Crippen molar-refractivity contribution in [1.82, 2.24) is 4.98 Å². The van der Waals surface area contributed by atoms with E-state index in [1.165, 1.54) is 12.8 Å². The van der Waals surface area contributed by atoms with E-state index in [0.29, 0.717) is 6.54 Å². The fraction of sp³-hybridized carbons (Fsp3) is 0.727. The predicted molar refractivity (Wildman–Crippen MR) is 62.0 cm³/mol. The normalized spacial score (nSPS) is 19.6. The fourth-order valence-electron chi connectivity index (χ4n) is 2.23. The summed E-state index contributed by atoms with van der Waals surface area (Å²) >= 11 is 1.72. The molecule has 1 aliphatic carbocycles. The monoisotopic (exact) mass is 226 g/mol. The third-order valence-corrected chi connectivity index (χ3v) is 4.22. The van der Waals surface area contributed by atoms with Gasteiger partial charge in [0, 0.05) is 18.9 Å². The molecule has 0 bridgehead atoms. The van der Waals surface area contributed by atoms with E-state index in [0.717, 1.165) is 30.0 Å². The molecule has 4 heteroatoms. The summed E-state index contributed by atoms with van der Waals surface area (Å²) in [7, 11) is 1.80. The summed E-state index contributed by atoms with van der Waals surface area (Å²) in [4.78, 5) is 4.64. The average Bonchev–Trinajstić information content (AvgIpc) is 2.86. The lowest BCUT2D eigenvalue weighted by Crippen LogP contribution is -2.24. The summed E-state index contributed by atoms with van der Waals surface area (Å²) in [5, 5.41) is 3.26. The minimum Gasteiger partial charge on any atom is -0.371 e. The maximum absolute atomic E-state index is 5.69. The molecule has 0 radical (unpaired) electrons. The van der Waals surface area contributed by atoms with Gasteiger partial charge in [-0.3, -0.25) is 0 Å². The molecule has 1 aliphatic rings. The Bertz CT molecular complexity index is 318. The lowest BCUT2D eigenvalue weighted by Gasteiger charge is -2.24. The highest BCUT2D eigenvalue weighted by Gasteiger charge is 2.38. The van der Waals surface area contributed by atoms with Gasteiger partial charge in [0.15, 0.2) is 0 Å². The number of thiazole rings is 1. The second-order valence-electron chi connectivity index (χ2n) is 4.09. The van der Waals surface area contributed by atoms with E-state index >= 15 is 0 Å². The molecular weight excluding hydrogens is 208 g/mol. The number of hydrogen-bond donors (Lipinski definition) is 1. The molecule has 0 atom stereocenters. The van der Waals surface area contributed by atoms with Crippen molar-refractivity contribution >= 4 is 11.3 Å². The smallest absolute Gasteiger partial charge is 0.125 e. The molecule has 0 amide bonds. The standard InChI is InChI=1S/C11H18N2OS/c1-14-11(5-2-3-6-11)10-13-9(4-7-12)8-15-10/h8H,2-7,12H2,1H3.